The van der Waals surface area contributed by atoms with Crippen LogP contribution < -0.4 is 10.6 Å². The Labute approximate surface area is 211 Å². The quantitative estimate of drug-likeness (QED) is 0.351. The van der Waals surface area contributed by atoms with E-state index in [2.05, 4.69) is 55.7 Å². The van der Waals surface area contributed by atoms with Gasteiger partial charge in [-0.2, -0.15) is 4.98 Å². The summed E-state index contributed by atoms with van der Waals surface area (Å²) in [7, 11) is 0. The summed E-state index contributed by atoms with van der Waals surface area (Å²) in [5, 5.41) is 11.2. The Morgan fingerprint density at radius 1 is 1.03 bits per heavy atom. The Hall–Kier alpha value is -4.00. The zero-order valence-electron chi connectivity index (χ0n) is 21.1. The van der Waals surface area contributed by atoms with Crippen LogP contribution in [0.3, 0.4) is 0 Å². The fraction of sp³-hybridized carbons (Fsp3) is 0.310. The predicted octanol–water partition coefficient (Wildman–Crippen LogP) is 6.07. The van der Waals surface area contributed by atoms with Crippen LogP contribution in [0.5, 0.6) is 0 Å². The molecule has 1 fully saturated rings. The summed E-state index contributed by atoms with van der Waals surface area (Å²) in [6.07, 6.45) is 4.52. The van der Waals surface area contributed by atoms with Crippen molar-refractivity contribution in [3.8, 4) is 22.5 Å². The van der Waals surface area contributed by atoms with E-state index in [0.717, 1.165) is 33.5 Å². The molecule has 0 bridgehead atoms. The summed E-state index contributed by atoms with van der Waals surface area (Å²) in [4.78, 5) is 21.6. The van der Waals surface area contributed by atoms with Crippen LogP contribution in [-0.4, -0.2) is 25.7 Å². The highest BCUT2D eigenvalue weighted by Crippen LogP contribution is 2.39. The Balaban J connectivity index is 1.30. The molecule has 2 aromatic carbocycles. The van der Waals surface area contributed by atoms with Crippen LogP contribution in [-0.2, 0) is 6.54 Å². The number of aryl methyl sites for hydroxylation is 3. The topological polar surface area (TPSA) is 84.7 Å². The minimum Gasteiger partial charge on any atom is -0.345 e. The summed E-state index contributed by atoms with van der Waals surface area (Å²) in [5.74, 6) is 2.01. The molecule has 7 nitrogen and oxygen atoms in total. The molecule has 0 spiro atoms. The number of carbonyl (C=O) groups is 1. The second kappa shape index (κ2) is 8.59. The first-order valence-corrected chi connectivity index (χ1v) is 12.7. The van der Waals surface area contributed by atoms with Crippen molar-refractivity contribution in [1.29, 1.82) is 0 Å². The third-order valence-corrected chi connectivity index (χ3v) is 7.24. The van der Waals surface area contributed by atoms with Gasteiger partial charge in [-0.15, -0.1) is 5.10 Å². The van der Waals surface area contributed by atoms with E-state index in [1.807, 2.05) is 36.0 Å². The van der Waals surface area contributed by atoms with Gasteiger partial charge in [-0.05, 0) is 93.1 Å². The SMILES string of the molecule is CCn1nc(-c2cc(C)c(-c3ccc(C4CC4)nc3)cc2C)nc1Nc1ccc2c(c1)C(C)NC2=O. The molecule has 0 radical (unpaired) electrons. The fourth-order valence-corrected chi connectivity index (χ4v) is 5.01. The van der Waals surface area contributed by atoms with Gasteiger partial charge in [0.2, 0.25) is 5.95 Å². The van der Waals surface area contributed by atoms with Crippen molar-refractivity contribution < 1.29 is 4.79 Å². The molecule has 1 amide bonds. The van der Waals surface area contributed by atoms with Gasteiger partial charge < -0.3 is 10.6 Å². The molecule has 2 aromatic heterocycles. The van der Waals surface area contributed by atoms with Crippen molar-refractivity contribution in [3.63, 3.8) is 0 Å². The lowest BCUT2D eigenvalue weighted by Gasteiger charge is -2.11. The van der Waals surface area contributed by atoms with Crippen molar-refractivity contribution >= 4 is 17.5 Å². The average molecular weight is 479 g/mol. The van der Waals surface area contributed by atoms with E-state index in [1.54, 1.807) is 0 Å². The highest BCUT2D eigenvalue weighted by molar-refractivity contribution is 5.99. The summed E-state index contributed by atoms with van der Waals surface area (Å²) in [6.45, 7) is 8.97. The third kappa shape index (κ3) is 3.94. The number of pyridine rings is 1. The lowest BCUT2D eigenvalue weighted by atomic mass is 9.95. The van der Waals surface area contributed by atoms with Gasteiger partial charge in [-0.25, -0.2) is 4.68 Å². The van der Waals surface area contributed by atoms with Crippen LogP contribution >= 0.6 is 0 Å². The number of carbonyl (C=O) groups excluding carboxylic acids is 1. The number of fused-ring (bicyclic) bond motifs is 1. The minimum atomic E-state index is -0.0213. The first-order valence-electron chi connectivity index (χ1n) is 12.7. The van der Waals surface area contributed by atoms with Gasteiger partial charge in [0, 0.05) is 46.7 Å². The van der Waals surface area contributed by atoms with Crippen molar-refractivity contribution in [3.05, 3.63) is 76.6 Å². The van der Waals surface area contributed by atoms with Crippen molar-refractivity contribution in [2.45, 2.75) is 59.0 Å². The monoisotopic (exact) mass is 478 g/mol. The van der Waals surface area contributed by atoms with Gasteiger partial charge >= 0.3 is 0 Å². The first kappa shape index (κ1) is 22.5. The first-order chi connectivity index (χ1) is 17.4. The van der Waals surface area contributed by atoms with Crippen LogP contribution in [0.25, 0.3) is 22.5 Å². The van der Waals surface area contributed by atoms with E-state index in [9.17, 15) is 4.79 Å². The number of aromatic nitrogens is 4. The highest BCUT2D eigenvalue weighted by Gasteiger charge is 2.26. The van der Waals surface area contributed by atoms with Gasteiger partial charge in [0.15, 0.2) is 5.82 Å². The normalized spacial score (nSPS) is 16.7. The molecule has 1 unspecified atom stereocenters. The van der Waals surface area contributed by atoms with Crippen LogP contribution in [0.4, 0.5) is 11.6 Å². The lowest BCUT2D eigenvalue weighted by molar-refractivity contribution is 0.0958. The molecule has 1 atom stereocenters. The number of amides is 1. The van der Waals surface area contributed by atoms with E-state index >= 15 is 0 Å². The zero-order valence-corrected chi connectivity index (χ0v) is 21.1. The summed E-state index contributed by atoms with van der Waals surface area (Å²) < 4.78 is 1.87. The van der Waals surface area contributed by atoms with E-state index in [4.69, 9.17) is 15.1 Å². The van der Waals surface area contributed by atoms with Crippen LogP contribution in [0.2, 0.25) is 0 Å². The molecule has 1 saturated carbocycles. The van der Waals surface area contributed by atoms with Gasteiger partial charge in [-0.1, -0.05) is 12.1 Å². The molecular weight excluding hydrogens is 448 g/mol. The maximum atomic E-state index is 12.1. The fourth-order valence-electron chi connectivity index (χ4n) is 5.01. The summed E-state index contributed by atoms with van der Waals surface area (Å²) in [6, 6.07) is 14.5. The molecule has 2 aliphatic rings. The molecule has 0 saturated heterocycles. The Bertz CT molecular complexity index is 1480. The van der Waals surface area contributed by atoms with Gasteiger partial charge in [0.25, 0.3) is 5.91 Å². The van der Waals surface area contributed by atoms with E-state index < -0.39 is 0 Å². The van der Waals surface area contributed by atoms with Crippen LogP contribution in [0, 0.1) is 13.8 Å². The number of hydrogen-bond acceptors (Lipinski definition) is 5. The average Bonchev–Trinajstić information content (AvgIpc) is 3.59. The molecular formula is C29H30N6O. The zero-order chi connectivity index (χ0) is 25.0. The van der Waals surface area contributed by atoms with Crippen LogP contribution in [0.1, 0.15) is 71.4 Å². The second-order valence-corrected chi connectivity index (χ2v) is 9.93. The standard InChI is InChI=1S/C29H30N6O/c1-5-35-29(32-21-9-10-22-25(14-21)18(4)31-28(22)36)33-27(34-35)24-13-16(2)23(12-17(24)3)20-8-11-26(30-15-20)19-6-7-19/h8-15,18-19H,5-7H2,1-4H3,(H,31,36)(H,32,33,34). The predicted molar refractivity (Wildman–Crippen MR) is 141 cm³/mol. The number of hydrogen-bond donors (Lipinski definition) is 2. The Morgan fingerprint density at radius 3 is 2.53 bits per heavy atom. The summed E-state index contributed by atoms with van der Waals surface area (Å²) >= 11 is 0. The van der Waals surface area contributed by atoms with Gasteiger partial charge in [0.05, 0.1) is 6.04 Å². The number of nitrogens with one attached hydrogen (secondary N) is 2. The number of benzene rings is 2. The van der Waals surface area contributed by atoms with Crippen molar-refractivity contribution in [2.75, 3.05) is 5.32 Å². The van der Waals surface area contributed by atoms with E-state index in [-0.39, 0.29) is 11.9 Å². The Kier molecular flexibility index (Phi) is 5.36. The minimum absolute atomic E-state index is 0.00175. The number of rotatable bonds is 6. The lowest BCUT2D eigenvalue weighted by Crippen LogP contribution is -2.16. The molecule has 1 aliphatic heterocycles. The van der Waals surface area contributed by atoms with Gasteiger partial charge in [-0.3, -0.25) is 9.78 Å². The molecule has 2 N–H and O–H groups in total. The van der Waals surface area contributed by atoms with Gasteiger partial charge in [0.1, 0.15) is 0 Å². The maximum absolute atomic E-state index is 12.1. The molecule has 4 aromatic rings. The number of anilines is 2. The molecule has 6 rings (SSSR count). The maximum Gasteiger partial charge on any atom is 0.252 e. The smallest absolute Gasteiger partial charge is 0.252 e. The molecule has 1 aliphatic carbocycles. The van der Waals surface area contributed by atoms with E-state index in [1.165, 1.54) is 29.7 Å². The van der Waals surface area contributed by atoms with Crippen LogP contribution in [0.15, 0.2) is 48.7 Å². The van der Waals surface area contributed by atoms with Crippen molar-refractivity contribution in [2.24, 2.45) is 0 Å². The third-order valence-electron chi connectivity index (χ3n) is 7.24. The van der Waals surface area contributed by atoms with E-state index in [0.29, 0.717) is 24.2 Å². The Morgan fingerprint density at radius 2 is 1.81 bits per heavy atom. The highest BCUT2D eigenvalue weighted by atomic mass is 16.2. The molecule has 36 heavy (non-hydrogen) atoms. The largest absolute Gasteiger partial charge is 0.345 e. The molecule has 182 valence electrons. The molecule has 7 heteroatoms. The second-order valence-electron chi connectivity index (χ2n) is 9.93. The molecule has 3 heterocycles. The van der Waals surface area contributed by atoms with Crippen molar-refractivity contribution in [1.82, 2.24) is 25.1 Å². The number of nitrogens with zero attached hydrogens (tertiary/aromatic N) is 4. The summed E-state index contributed by atoms with van der Waals surface area (Å²) in [5.41, 5.74) is 9.46.